The Morgan fingerprint density at radius 1 is 1.18 bits per heavy atom. The van der Waals surface area contributed by atoms with Crippen molar-refractivity contribution in [3.05, 3.63) is 68.6 Å². The number of halogens is 2. The van der Waals surface area contributed by atoms with Gasteiger partial charge in [0.1, 0.15) is 5.75 Å². The Balaban J connectivity index is 2.01. The zero-order valence-corrected chi connectivity index (χ0v) is 14.5. The molecule has 0 aromatic heterocycles. The predicted molar refractivity (Wildman–Crippen MR) is 95.1 cm³/mol. The lowest BCUT2D eigenvalue weighted by Gasteiger charge is -2.03. The summed E-state index contributed by atoms with van der Waals surface area (Å²) in [6.45, 7) is 0. The standard InChI is InChI=1S/C16H12Br2N2O2/c17-12-6-7-15(21)14(9-12)16(22)20-19-10-13(18)8-11-4-2-1-3-5-11/h1-10,21H,(H,20,22)/b13-8-,19-10-. The van der Waals surface area contributed by atoms with Gasteiger partial charge in [-0.25, -0.2) is 5.43 Å². The number of hydrazone groups is 1. The zero-order chi connectivity index (χ0) is 15.9. The van der Waals surface area contributed by atoms with Crippen LogP contribution < -0.4 is 5.43 Å². The first-order chi connectivity index (χ1) is 10.6. The molecule has 2 N–H and O–H groups in total. The minimum absolute atomic E-state index is 0.102. The third kappa shape index (κ3) is 4.82. The van der Waals surface area contributed by atoms with Gasteiger partial charge < -0.3 is 5.11 Å². The van der Waals surface area contributed by atoms with Crippen LogP contribution in [-0.4, -0.2) is 17.2 Å². The maximum Gasteiger partial charge on any atom is 0.275 e. The van der Waals surface area contributed by atoms with Crippen molar-refractivity contribution in [1.29, 1.82) is 0 Å². The van der Waals surface area contributed by atoms with Crippen molar-refractivity contribution in [3.63, 3.8) is 0 Å². The molecule has 0 fully saturated rings. The highest BCUT2D eigenvalue weighted by molar-refractivity contribution is 9.12. The van der Waals surface area contributed by atoms with E-state index in [9.17, 15) is 9.90 Å². The number of hydrogen-bond donors (Lipinski definition) is 2. The SMILES string of the molecule is O=C(N/N=C\C(Br)=C\c1ccccc1)c1cc(Br)ccc1O. The molecule has 0 aliphatic carbocycles. The summed E-state index contributed by atoms with van der Waals surface area (Å²) < 4.78 is 1.40. The summed E-state index contributed by atoms with van der Waals surface area (Å²) >= 11 is 6.60. The third-order valence-electron chi connectivity index (χ3n) is 2.66. The summed E-state index contributed by atoms with van der Waals surface area (Å²) in [4.78, 5) is 11.9. The Labute approximate surface area is 144 Å². The molecular weight excluding hydrogens is 412 g/mol. The summed E-state index contributed by atoms with van der Waals surface area (Å²) in [5.41, 5.74) is 3.52. The van der Waals surface area contributed by atoms with Crippen molar-refractivity contribution in [2.24, 2.45) is 5.10 Å². The summed E-state index contributed by atoms with van der Waals surface area (Å²) in [6, 6.07) is 14.3. The second-order valence-electron chi connectivity index (χ2n) is 4.30. The van der Waals surface area contributed by atoms with Gasteiger partial charge in [-0.2, -0.15) is 5.10 Å². The molecule has 2 aromatic rings. The highest BCUT2D eigenvalue weighted by Gasteiger charge is 2.10. The van der Waals surface area contributed by atoms with Gasteiger partial charge in [0.05, 0.1) is 11.8 Å². The average molecular weight is 424 g/mol. The Morgan fingerprint density at radius 3 is 2.64 bits per heavy atom. The van der Waals surface area contributed by atoms with E-state index in [1.165, 1.54) is 18.3 Å². The van der Waals surface area contributed by atoms with Crippen LogP contribution in [0, 0.1) is 0 Å². The molecule has 0 aliphatic heterocycles. The first-order valence-electron chi connectivity index (χ1n) is 6.30. The van der Waals surface area contributed by atoms with Crippen molar-refractivity contribution in [2.45, 2.75) is 0 Å². The first-order valence-corrected chi connectivity index (χ1v) is 7.89. The number of carbonyl (C=O) groups excluding carboxylic acids is 1. The molecule has 0 atom stereocenters. The lowest BCUT2D eigenvalue weighted by atomic mass is 10.2. The molecule has 0 bridgehead atoms. The number of rotatable bonds is 4. The maximum absolute atomic E-state index is 11.9. The Hall–Kier alpha value is -1.92. The van der Waals surface area contributed by atoms with Gasteiger partial charge in [-0.15, -0.1) is 0 Å². The quantitative estimate of drug-likeness (QED) is 0.568. The van der Waals surface area contributed by atoms with E-state index in [4.69, 9.17) is 0 Å². The number of allylic oxidation sites excluding steroid dienone is 1. The number of phenolic OH excluding ortho intramolecular Hbond substituents is 1. The van der Waals surface area contributed by atoms with Crippen molar-refractivity contribution >= 4 is 50.1 Å². The maximum atomic E-state index is 11.9. The average Bonchev–Trinajstić information content (AvgIpc) is 2.50. The minimum atomic E-state index is -0.491. The number of amides is 1. The Bertz CT molecular complexity index is 728. The number of phenols is 1. The number of carbonyl (C=O) groups is 1. The van der Waals surface area contributed by atoms with Gasteiger partial charge in [-0.1, -0.05) is 46.3 Å². The second kappa shape index (κ2) is 7.91. The fraction of sp³-hybridized carbons (Fsp3) is 0. The predicted octanol–water partition coefficient (Wildman–Crippen LogP) is 4.31. The molecule has 2 rings (SSSR count). The molecule has 4 nitrogen and oxygen atoms in total. The summed E-state index contributed by atoms with van der Waals surface area (Å²) in [7, 11) is 0. The summed E-state index contributed by atoms with van der Waals surface area (Å²) in [6.07, 6.45) is 3.34. The molecule has 6 heteroatoms. The number of nitrogens with zero attached hydrogens (tertiary/aromatic N) is 1. The summed E-state index contributed by atoms with van der Waals surface area (Å²) in [5, 5.41) is 13.5. The smallest absolute Gasteiger partial charge is 0.275 e. The van der Waals surface area contributed by atoms with Crippen molar-refractivity contribution in [2.75, 3.05) is 0 Å². The number of hydrogen-bond acceptors (Lipinski definition) is 3. The third-order valence-corrected chi connectivity index (χ3v) is 3.59. The zero-order valence-electron chi connectivity index (χ0n) is 11.3. The molecule has 0 saturated heterocycles. The topological polar surface area (TPSA) is 61.7 Å². The lowest BCUT2D eigenvalue weighted by Crippen LogP contribution is -2.17. The normalized spacial score (nSPS) is 11.6. The van der Waals surface area contributed by atoms with Crippen molar-refractivity contribution in [3.8, 4) is 5.75 Å². The molecule has 0 saturated carbocycles. The van der Waals surface area contributed by atoms with Crippen molar-refractivity contribution in [1.82, 2.24) is 5.43 Å². The highest BCUT2D eigenvalue weighted by atomic mass is 79.9. The van der Waals surface area contributed by atoms with Crippen LogP contribution in [-0.2, 0) is 0 Å². The van der Waals surface area contributed by atoms with Gasteiger partial charge in [0.15, 0.2) is 0 Å². The van der Waals surface area contributed by atoms with E-state index in [1.807, 2.05) is 36.4 Å². The van der Waals surface area contributed by atoms with E-state index in [2.05, 4.69) is 42.4 Å². The monoisotopic (exact) mass is 422 g/mol. The number of benzene rings is 2. The summed E-state index contributed by atoms with van der Waals surface area (Å²) in [5.74, 6) is -0.593. The largest absolute Gasteiger partial charge is 0.507 e. The fourth-order valence-electron chi connectivity index (χ4n) is 1.65. The molecule has 0 spiro atoms. The second-order valence-corrected chi connectivity index (χ2v) is 6.13. The van der Waals surface area contributed by atoms with E-state index in [0.29, 0.717) is 8.96 Å². The molecule has 2 aromatic carbocycles. The molecule has 0 aliphatic rings. The van der Waals surface area contributed by atoms with E-state index < -0.39 is 5.91 Å². The van der Waals surface area contributed by atoms with E-state index in [-0.39, 0.29) is 11.3 Å². The highest BCUT2D eigenvalue weighted by Crippen LogP contribution is 2.21. The fourth-order valence-corrected chi connectivity index (χ4v) is 2.38. The van der Waals surface area contributed by atoms with E-state index in [0.717, 1.165) is 5.56 Å². The first kappa shape index (κ1) is 16.5. The van der Waals surface area contributed by atoms with Crippen LogP contribution in [0.2, 0.25) is 0 Å². The van der Waals surface area contributed by atoms with Crippen LogP contribution in [0.4, 0.5) is 0 Å². The van der Waals surface area contributed by atoms with Crippen LogP contribution in [0.5, 0.6) is 5.75 Å². The molecule has 1 amide bonds. The van der Waals surface area contributed by atoms with Gasteiger partial charge in [0.25, 0.3) is 5.91 Å². The van der Waals surface area contributed by atoms with E-state index in [1.54, 1.807) is 6.07 Å². The number of aromatic hydroxyl groups is 1. The van der Waals surface area contributed by atoms with Gasteiger partial charge in [0, 0.05) is 8.96 Å². The molecule has 22 heavy (non-hydrogen) atoms. The van der Waals surface area contributed by atoms with Gasteiger partial charge in [-0.3, -0.25) is 4.79 Å². The molecule has 112 valence electrons. The van der Waals surface area contributed by atoms with Crippen LogP contribution in [0.25, 0.3) is 6.08 Å². The van der Waals surface area contributed by atoms with Crippen LogP contribution in [0.1, 0.15) is 15.9 Å². The van der Waals surface area contributed by atoms with Crippen LogP contribution in [0.15, 0.2) is 62.6 Å². The lowest BCUT2D eigenvalue weighted by molar-refractivity contribution is 0.0952. The number of nitrogens with one attached hydrogen (secondary N) is 1. The Morgan fingerprint density at radius 2 is 1.91 bits per heavy atom. The van der Waals surface area contributed by atoms with E-state index >= 15 is 0 Å². The van der Waals surface area contributed by atoms with Crippen LogP contribution >= 0.6 is 31.9 Å². The van der Waals surface area contributed by atoms with Gasteiger partial charge in [-0.05, 0) is 45.8 Å². The van der Waals surface area contributed by atoms with Crippen molar-refractivity contribution < 1.29 is 9.90 Å². The minimum Gasteiger partial charge on any atom is -0.507 e. The van der Waals surface area contributed by atoms with Crippen LogP contribution in [0.3, 0.4) is 0 Å². The molecule has 0 unspecified atom stereocenters. The molecule has 0 radical (unpaired) electrons. The molecular formula is C16H12Br2N2O2. The van der Waals surface area contributed by atoms with Gasteiger partial charge >= 0.3 is 0 Å². The van der Waals surface area contributed by atoms with Gasteiger partial charge in [0.2, 0.25) is 0 Å². The molecule has 0 heterocycles. The Kier molecular flexibility index (Phi) is 5.91.